The average Bonchev–Trinajstić information content (AvgIpc) is 3.20. The highest BCUT2D eigenvalue weighted by Gasteiger charge is 2.16. The van der Waals surface area contributed by atoms with Crippen LogP contribution in [0.25, 0.3) is 10.4 Å². The molecule has 0 spiro atoms. The molecule has 3 rings (SSSR count). The van der Waals surface area contributed by atoms with Gasteiger partial charge in [0.05, 0.1) is 5.69 Å². The highest BCUT2D eigenvalue weighted by molar-refractivity contribution is 7.13. The predicted octanol–water partition coefficient (Wildman–Crippen LogP) is 4.41. The van der Waals surface area contributed by atoms with Gasteiger partial charge in [-0.15, -0.1) is 11.3 Å². The Morgan fingerprint density at radius 3 is 2.63 bits per heavy atom. The molecule has 0 bridgehead atoms. The molecule has 2 amide bonds. The first-order chi connectivity index (χ1) is 13.1. The number of para-hydroxylation sites is 1. The van der Waals surface area contributed by atoms with Crippen molar-refractivity contribution in [2.45, 2.75) is 6.54 Å². The van der Waals surface area contributed by atoms with Crippen molar-refractivity contribution in [3.05, 3.63) is 71.9 Å². The van der Waals surface area contributed by atoms with E-state index >= 15 is 0 Å². The van der Waals surface area contributed by atoms with Gasteiger partial charge in [-0.05, 0) is 43.2 Å². The van der Waals surface area contributed by atoms with E-state index in [4.69, 9.17) is 0 Å². The summed E-state index contributed by atoms with van der Waals surface area (Å²) in [4.78, 5) is 22.2. The number of aromatic nitrogens is 1. The number of pyridine rings is 1. The van der Waals surface area contributed by atoms with Crippen LogP contribution in [0.5, 0.6) is 0 Å². The Bertz CT molecular complexity index is 850. The van der Waals surface area contributed by atoms with Crippen molar-refractivity contribution in [2.24, 2.45) is 0 Å². The van der Waals surface area contributed by atoms with Crippen LogP contribution in [0.2, 0.25) is 0 Å². The van der Waals surface area contributed by atoms with Crippen LogP contribution in [0, 0.1) is 0 Å². The molecule has 6 heteroatoms. The van der Waals surface area contributed by atoms with Crippen molar-refractivity contribution in [1.82, 2.24) is 14.8 Å². The van der Waals surface area contributed by atoms with Crippen molar-refractivity contribution in [3.63, 3.8) is 0 Å². The molecule has 0 aliphatic rings. The minimum absolute atomic E-state index is 0.107. The van der Waals surface area contributed by atoms with Gasteiger partial charge in [-0.1, -0.05) is 30.3 Å². The van der Waals surface area contributed by atoms with E-state index in [1.54, 1.807) is 23.7 Å². The van der Waals surface area contributed by atoms with Crippen LogP contribution >= 0.6 is 11.3 Å². The van der Waals surface area contributed by atoms with Gasteiger partial charge in [0.25, 0.3) is 0 Å². The van der Waals surface area contributed by atoms with Crippen LogP contribution in [0.4, 0.5) is 10.5 Å². The van der Waals surface area contributed by atoms with E-state index in [2.05, 4.69) is 21.3 Å². The largest absolute Gasteiger partial charge is 0.322 e. The standard InChI is InChI=1S/C21H24N4OS/c1-24(2)12-13-25(16-17-7-5-11-22-15-17)21(26)23-19-9-4-3-8-18(19)20-10-6-14-27-20/h3-11,14-15H,12-13,16H2,1-2H3,(H,23,26). The first-order valence-electron chi connectivity index (χ1n) is 8.86. The Morgan fingerprint density at radius 1 is 1.07 bits per heavy atom. The summed E-state index contributed by atoms with van der Waals surface area (Å²) in [6.45, 7) is 1.95. The number of carbonyl (C=O) groups is 1. The normalized spacial score (nSPS) is 10.8. The molecule has 0 unspecified atom stereocenters. The molecule has 2 heterocycles. The molecule has 1 N–H and O–H groups in total. The number of nitrogens with zero attached hydrogens (tertiary/aromatic N) is 3. The Labute approximate surface area is 164 Å². The molecule has 0 radical (unpaired) electrons. The third-order valence-electron chi connectivity index (χ3n) is 4.16. The van der Waals surface area contributed by atoms with Crippen LogP contribution in [0.1, 0.15) is 5.56 Å². The second-order valence-corrected chi connectivity index (χ2v) is 7.49. The molecular formula is C21H24N4OS. The molecule has 0 fully saturated rings. The summed E-state index contributed by atoms with van der Waals surface area (Å²) in [5.41, 5.74) is 2.87. The quantitative estimate of drug-likeness (QED) is 0.661. The zero-order chi connectivity index (χ0) is 19.1. The van der Waals surface area contributed by atoms with Crippen molar-refractivity contribution in [2.75, 3.05) is 32.5 Å². The molecule has 0 aliphatic carbocycles. The van der Waals surface area contributed by atoms with E-state index in [9.17, 15) is 4.79 Å². The smallest absolute Gasteiger partial charge is 0.319 e. The lowest BCUT2D eigenvalue weighted by atomic mass is 10.1. The van der Waals surface area contributed by atoms with Crippen LogP contribution in [-0.4, -0.2) is 48.0 Å². The molecule has 27 heavy (non-hydrogen) atoms. The lowest BCUT2D eigenvalue weighted by Gasteiger charge is -2.25. The Kier molecular flexibility index (Phi) is 6.57. The molecule has 0 saturated heterocycles. The molecule has 0 aliphatic heterocycles. The van der Waals surface area contributed by atoms with Crippen LogP contribution in [0.15, 0.2) is 66.3 Å². The summed E-state index contributed by atoms with van der Waals surface area (Å²) in [7, 11) is 4.01. The number of carbonyl (C=O) groups excluding carboxylic acids is 1. The third kappa shape index (κ3) is 5.39. The number of nitrogens with one attached hydrogen (secondary N) is 1. The number of benzene rings is 1. The topological polar surface area (TPSA) is 48.5 Å². The second kappa shape index (κ2) is 9.30. The molecular weight excluding hydrogens is 356 g/mol. The number of likely N-dealkylation sites (N-methyl/N-ethyl adjacent to an activating group) is 1. The maximum atomic E-state index is 13.0. The highest BCUT2D eigenvalue weighted by atomic mass is 32.1. The number of anilines is 1. The number of amides is 2. The zero-order valence-electron chi connectivity index (χ0n) is 15.6. The maximum Gasteiger partial charge on any atom is 0.322 e. The molecule has 140 valence electrons. The van der Waals surface area contributed by atoms with E-state index < -0.39 is 0 Å². The fourth-order valence-electron chi connectivity index (χ4n) is 2.72. The minimum atomic E-state index is -0.107. The summed E-state index contributed by atoms with van der Waals surface area (Å²) < 4.78 is 0. The molecule has 0 atom stereocenters. The molecule has 1 aromatic carbocycles. The summed E-state index contributed by atoms with van der Waals surface area (Å²) >= 11 is 1.66. The van der Waals surface area contributed by atoms with Crippen molar-refractivity contribution >= 4 is 23.1 Å². The fourth-order valence-corrected chi connectivity index (χ4v) is 3.48. The summed E-state index contributed by atoms with van der Waals surface area (Å²) in [6.07, 6.45) is 3.54. The second-order valence-electron chi connectivity index (χ2n) is 6.54. The summed E-state index contributed by atoms with van der Waals surface area (Å²) in [6, 6.07) is 15.8. The molecule has 3 aromatic rings. The van der Waals surface area contributed by atoms with E-state index in [1.165, 1.54) is 0 Å². The van der Waals surface area contributed by atoms with E-state index in [-0.39, 0.29) is 6.03 Å². The van der Waals surface area contributed by atoms with Gasteiger partial charge in [0.15, 0.2) is 0 Å². The number of urea groups is 1. The van der Waals surface area contributed by atoms with E-state index in [0.29, 0.717) is 13.1 Å². The van der Waals surface area contributed by atoms with Crippen LogP contribution in [-0.2, 0) is 6.54 Å². The van der Waals surface area contributed by atoms with Crippen molar-refractivity contribution < 1.29 is 4.79 Å². The fraction of sp³-hybridized carbons (Fsp3) is 0.238. The van der Waals surface area contributed by atoms with Crippen molar-refractivity contribution in [1.29, 1.82) is 0 Å². The highest BCUT2D eigenvalue weighted by Crippen LogP contribution is 2.31. The Balaban J connectivity index is 1.78. The number of hydrogen-bond donors (Lipinski definition) is 1. The zero-order valence-corrected chi connectivity index (χ0v) is 16.4. The molecule has 0 saturated carbocycles. The SMILES string of the molecule is CN(C)CCN(Cc1cccnc1)C(=O)Nc1ccccc1-c1cccs1. The van der Waals surface area contributed by atoms with Gasteiger partial charge >= 0.3 is 6.03 Å². The number of hydrogen-bond acceptors (Lipinski definition) is 4. The van der Waals surface area contributed by atoms with Crippen LogP contribution in [0.3, 0.4) is 0 Å². The summed E-state index contributed by atoms with van der Waals surface area (Å²) in [5.74, 6) is 0. The van der Waals surface area contributed by atoms with Crippen molar-refractivity contribution in [3.8, 4) is 10.4 Å². The Morgan fingerprint density at radius 2 is 1.93 bits per heavy atom. The van der Waals surface area contributed by atoms with Gasteiger partial charge in [-0.2, -0.15) is 0 Å². The monoisotopic (exact) mass is 380 g/mol. The first kappa shape index (κ1) is 19.1. The van der Waals surface area contributed by atoms with E-state index in [1.807, 2.05) is 66.8 Å². The van der Waals surface area contributed by atoms with Crippen LogP contribution < -0.4 is 5.32 Å². The van der Waals surface area contributed by atoms with E-state index in [0.717, 1.165) is 28.2 Å². The minimum Gasteiger partial charge on any atom is -0.319 e. The third-order valence-corrected chi connectivity index (χ3v) is 5.06. The van der Waals surface area contributed by atoms with Gasteiger partial charge in [-0.25, -0.2) is 4.79 Å². The molecule has 5 nitrogen and oxygen atoms in total. The van der Waals surface area contributed by atoms with Gasteiger partial charge in [0.2, 0.25) is 0 Å². The molecule has 2 aromatic heterocycles. The van der Waals surface area contributed by atoms with Gasteiger partial charge in [0, 0.05) is 42.5 Å². The van der Waals surface area contributed by atoms with Gasteiger partial charge in [-0.3, -0.25) is 4.98 Å². The summed E-state index contributed by atoms with van der Waals surface area (Å²) in [5, 5.41) is 5.14. The first-order valence-corrected chi connectivity index (χ1v) is 9.74. The van der Waals surface area contributed by atoms with Gasteiger partial charge in [0.1, 0.15) is 0 Å². The Hall–Kier alpha value is -2.70. The maximum absolute atomic E-state index is 13.0. The number of rotatable bonds is 7. The number of thiophene rings is 1. The average molecular weight is 381 g/mol. The lowest BCUT2D eigenvalue weighted by Crippen LogP contribution is -2.39. The lowest BCUT2D eigenvalue weighted by molar-refractivity contribution is 0.202. The van der Waals surface area contributed by atoms with Gasteiger partial charge < -0.3 is 15.1 Å². The predicted molar refractivity (Wildman–Crippen MR) is 112 cm³/mol.